The topological polar surface area (TPSA) is 157 Å². The van der Waals surface area contributed by atoms with Crippen LogP contribution < -0.4 is 0 Å². The Morgan fingerprint density at radius 2 is 2.00 bits per heavy atom. The zero-order chi connectivity index (χ0) is 21.9. The van der Waals surface area contributed by atoms with E-state index in [-0.39, 0.29) is 16.5 Å². The second-order valence-electron chi connectivity index (χ2n) is 8.09. The minimum atomic E-state index is -2.14. The van der Waals surface area contributed by atoms with Crippen LogP contribution in [-0.4, -0.2) is 16.6 Å². The first-order chi connectivity index (χ1) is 14.2. The summed E-state index contributed by atoms with van der Waals surface area (Å²) >= 11 is 5.92. The highest BCUT2D eigenvalue weighted by atomic mass is 35.5. The summed E-state index contributed by atoms with van der Waals surface area (Å²) in [6, 6.07) is 9.83. The van der Waals surface area contributed by atoms with Gasteiger partial charge >= 0.3 is 0 Å². The van der Waals surface area contributed by atoms with Crippen LogP contribution in [0.2, 0.25) is 5.02 Å². The molecule has 30 heavy (non-hydrogen) atoms. The molecule has 0 spiro atoms. The molecule has 1 aromatic rings. The Morgan fingerprint density at radius 3 is 2.60 bits per heavy atom. The minimum Gasteiger partial charge on any atom is -0.447 e. The van der Waals surface area contributed by atoms with Crippen molar-refractivity contribution in [1.82, 2.24) is 0 Å². The molecule has 10 heteroatoms. The van der Waals surface area contributed by atoms with Crippen molar-refractivity contribution in [2.75, 3.05) is 0 Å². The number of nitro benzene ring substituents is 1. The molecule has 2 saturated heterocycles. The van der Waals surface area contributed by atoms with Gasteiger partial charge in [-0.3, -0.25) is 15.5 Å². The van der Waals surface area contributed by atoms with Crippen molar-refractivity contribution in [3.8, 4) is 18.2 Å². The SMILES string of the molecule is CC1CCC23OC(=N)C(C#N)(C2C1)C(C#N)(C#N)C(c1ccc(Cl)c([N+](=O)[O-])c1)O3. The number of hydrogen-bond acceptors (Lipinski definition) is 8. The molecule has 2 heterocycles. The lowest BCUT2D eigenvalue weighted by Gasteiger charge is -2.52. The van der Waals surface area contributed by atoms with Gasteiger partial charge in [0.2, 0.25) is 17.1 Å². The van der Waals surface area contributed by atoms with Gasteiger partial charge in [0, 0.05) is 12.5 Å². The molecule has 1 saturated carbocycles. The van der Waals surface area contributed by atoms with E-state index in [1.807, 2.05) is 19.1 Å². The van der Waals surface area contributed by atoms with Crippen LogP contribution in [0.4, 0.5) is 5.69 Å². The Kier molecular flexibility index (Phi) is 4.29. The molecule has 3 aliphatic rings. The maximum Gasteiger partial charge on any atom is 0.288 e. The molecule has 2 aliphatic heterocycles. The minimum absolute atomic E-state index is 0.108. The predicted octanol–water partition coefficient (Wildman–Crippen LogP) is 4.00. The van der Waals surface area contributed by atoms with E-state index in [1.54, 1.807) is 0 Å². The van der Waals surface area contributed by atoms with Crippen molar-refractivity contribution in [2.45, 2.75) is 38.1 Å². The Labute approximate surface area is 177 Å². The number of rotatable bonds is 2. The number of nitro groups is 1. The molecular formula is C20H16ClN5O4. The lowest BCUT2D eigenvalue weighted by Crippen LogP contribution is -2.60. The Hall–Kier alpha value is -3.19. The van der Waals surface area contributed by atoms with Crippen LogP contribution in [0.1, 0.15) is 37.9 Å². The maximum absolute atomic E-state index is 11.4. The molecule has 1 aromatic carbocycles. The highest BCUT2D eigenvalue weighted by Crippen LogP contribution is 2.70. The molecule has 9 nitrogen and oxygen atoms in total. The van der Waals surface area contributed by atoms with Gasteiger partial charge in [0.05, 0.1) is 29.0 Å². The van der Waals surface area contributed by atoms with Gasteiger partial charge in [-0.05, 0) is 30.4 Å². The third-order valence-electron chi connectivity index (χ3n) is 6.64. The van der Waals surface area contributed by atoms with Gasteiger partial charge in [0.1, 0.15) is 11.1 Å². The highest BCUT2D eigenvalue weighted by molar-refractivity contribution is 6.32. The van der Waals surface area contributed by atoms with Crippen LogP contribution in [0.25, 0.3) is 0 Å². The van der Waals surface area contributed by atoms with Crippen LogP contribution in [-0.2, 0) is 9.47 Å². The Balaban J connectivity index is 1.99. The summed E-state index contributed by atoms with van der Waals surface area (Å²) in [6.07, 6.45) is 0.207. The fourth-order valence-electron chi connectivity index (χ4n) is 5.16. The smallest absolute Gasteiger partial charge is 0.288 e. The molecule has 1 aliphatic carbocycles. The summed E-state index contributed by atoms with van der Waals surface area (Å²) in [5.41, 5.74) is -4.25. The van der Waals surface area contributed by atoms with Gasteiger partial charge in [0.15, 0.2) is 5.41 Å². The summed E-state index contributed by atoms with van der Waals surface area (Å²) in [5.74, 6) is -2.28. The van der Waals surface area contributed by atoms with Gasteiger partial charge in [-0.2, -0.15) is 15.8 Å². The Morgan fingerprint density at radius 1 is 1.30 bits per heavy atom. The molecule has 1 N–H and O–H groups in total. The predicted molar refractivity (Wildman–Crippen MR) is 102 cm³/mol. The van der Waals surface area contributed by atoms with Gasteiger partial charge in [-0.25, -0.2) is 0 Å². The maximum atomic E-state index is 11.4. The zero-order valence-corrected chi connectivity index (χ0v) is 16.6. The second-order valence-corrected chi connectivity index (χ2v) is 8.50. The van der Waals surface area contributed by atoms with E-state index in [9.17, 15) is 25.9 Å². The number of hydrogen-bond donors (Lipinski definition) is 1. The first-order valence-corrected chi connectivity index (χ1v) is 9.72. The summed E-state index contributed by atoms with van der Waals surface area (Å²) < 4.78 is 12.1. The monoisotopic (exact) mass is 425 g/mol. The zero-order valence-electron chi connectivity index (χ0n) is 15.9. The molecule has 2 bridgehead atoms. The third kappa shape index (κ3) is 2.21. The van der Waals surface area contributed by atoms with Crippen molar-refractivity contribution in [3.05, 3.63) is 38.9 Å². The first kappa shape index (κ1) is 20.1. The number of nitriles is 3. The van der Waals surface area contributed by atoms with E-state index in [4.69, 9.17) is 26.5 Å². The third-order valence-corrected chi connectivity index (χ3v) is 6.96. The van der Waals surface area contributed by atoms with Crippen molar-refractivity contribution in [1.29, 1.82) is 21.2 Å². The summed E-state index contributed by atoms with van der Waals surface area (Å²) in [4.78, 5) is 10.7. The average Bonchev–Trinajstić information content (AvgIpc) is 2.92. The number of halogens is 1. The molecule has 0 radical (unpaired) electrons. The molecular weight excluding hydrogens is 410 g/mol. The molecule has 5 unspecified atom stereocenters. The summed E-state index contributed by atoms with van der Waals surface area (Å²) in [5, 5.41) is 50.4. The quantitative estimate of drug-likeness (QED) is 0.553. The number of nitrogens with zero attached hydrogens (tertiary/aromatic N) is 4. The van der Waals surface area contributed by atoms with Crippen LogP contribution >= 0.6 is 11.6 Å². The lowest BCUT2D eigenvalue weighted by molar-refractivity contribution is -0.384. The molecule has 5 atom stereocenters. The van der Waals surface area contributed by atoms with Crippen LogP contribution in [0.15, 0.2) is 18.2 Å². The number of nitrogens with one attached hydrogen (secondary N) is 1. The van der Waals surface area contributed by atoms with Gasteiger partial charge < -0.3 is 9.47 Å². The van der Waals surface area contributed by atoms with E-state index in [2.05, 4.69) is 6.07 Å². The molecule has 4 rings (SSSR count). The fourth-order valence-corrected chi connectivity index (χ4v) is 5.35. The van der Waals surface area contributed by atoms with Gasteiger partial charge in [-0.15, -0.1) is 0 Å². The molecule has 0 aromatic heterocycles. The summed E-state index contributed by atoms with van der Waals surface area (Å²) in [6.45, 7) is 2.00. The van der Waals surface area contributed by atoms with Gasteiger partial charge in [-0.1, -0.05) is 24.6 Å². The molecule has 3 fully saturated rings. The van der Waals surface area contributed by atoms with E-state index >= 15 is 0 Å². The number of benzene rings is 1. The van der Waals surface area contributed by atoms with Crippen LogP contribution in [0.3, 0.4) is 0 Å². The standard InChI is InChI=1S/C20H16ClN5O4/c1-11-4-5-20-15(6-11)19(10-24,17(25)30-20)18(8-22,9-23)16(29-20)12-2-3-13(21)14(7-12)26(27)28/h2-3,7,11,15-16,25H,4-6H2,1H3. The van der Waals surface area contributed by atoms with E-state index in [0.29, 0.717) is 19.3 Å². The van der Waals surface area contributed by atoms with Crippen molar-refractivity contribution >= 4 is 23.2 Å². The largest absolute Gasteiger partial charge is 0.447 e. The fraction of sp³-hybridized carbons (Fsp3) is 0.500. The lowest BCUT2D eigenvalue weighted by atomic mass is 9.50. The van der Waals surface area contributed by atoms with E-state index in [1.165, 1.54) is 12.1 Å². The second kappa shape index (κ2) is 6.40. The first-order valence-electron chi connectivity index (χ1n) is 9.35. The van der Waals surface area contributed by atoms with Gasteiger partial charge in [0.25, 0.3) is 5.69 Å². The molecule has 0 amide bonds. The highest BCUT2D eigenvalue weighted by Gasteiger charge is 2.80. The van der Waals surface area contributed by atoms with Crippen molar-refractivity contribution < 1.29 is 14.4 Å². The number of ether oxygens (including phenoxy) is 2. The normalized spacial score (nSPS) is 35.8. The van der Waals surface area contributed by atoms with Crippen LogP contribution in [0, 0.1) is 72.2 Å². The average molecular weight is 426 g/mol. The van der Waals surface area contributed by atoms with Crippen molar-refractivity contribution in [2.24, 2.45) is 22.7 Å². The van der Waals surface area contributed by atoms with Crippen LogP contribution in [0.5, 0.6) is 0 Å². The van der Waals surface area contributed by atoms with Crippen molar-refractivity contribution in [3.63, 3.8) is 0 Å². The summed E-state index contributed by atoms with van der Waals surface area (Å²) in [7, 11) is 0. The molecule has 152 valence electrons. The Bertz CT molecular complexity index is 1090. The van der Waals surface area contributed by atoms with E-state index < -0.39 is 45.1 Å². The van der Waals surface area contributed by atoms with E-state index in [0.717, 1.165) is 6.07 Å².